The maximum absolute atomic E-state index is 12.5. The van der Waals surface area contributed by atoms with Crippen molar-refractivity contribution in [3.05, 3.63) is 66.6 Å². The van der Waals surface area contributed by atoms with Crippen molar-refractivity contribution in [1.82, 2.24) is 25.6 Å². The smallest absolute Gasteiger partial charge is 0.426 e. The van der Waals surface area contributed by atoms with Gasteiger partial charge >= 0.3 is 6.09 Å². The number of hydrogen-bond donors (Lipinski definition) is 2. The second-order valence-corrected chi connectivity index (χ2v) is 5.21. The van der Waals surface area contributed by atoms with E-state index in [9.17, 15) is 9.59 Å². The number of aromatic nitrogens is 3. The molecular weight excluding hydrogens is 334 g/mol. The Morgan fingerprint density at radius 3 is 2.62 bits per heavy atom. The molecule has 2 heterocycles. The van der Waals surface area contributed by atoms with Gasteiger partial charge in [0.15, 0.2) is 0 Å². The average molecular weight is 351 g/mol. The summed E-state index contributed by atoms with van der Waals surface area (Å²) in [6.45, 7) is 1.88. The molecule has 0 aliphatic rings. The van der Waals surface area contributed by atoms with Crippen LogP contribution in [0.25, 0.3) is 16.9 Å². The van der Waals surface area contributed by atoms with Crippen LogP contribution < -0.4 is 10.9 Å². The minimum Gasteiger partial charge on any atom is -0.449 e. The van der Waals surface area contributed by atoms with Crippen LogP contribution in [0.4, 0.5) is 4.79 Å². The number of amides is 2. The van der Waals surface area contributed by atoms with E-state index in [0.29, 0.717) is 16.8 Å². The fourth-order valence-corrected chi connectivity index (χ4v) is 2.31. The molecule has 2 amide bonds. The lowest BCUT2D eigenvalue weighted by atomic mass is 10.1. The molecule has 0 saturated carbocycles. The summed E-state index contributed by atoms with van der Waals surface area (Å²) in [6, 6.07) is 13.0. The number of hydrogen-bond acceptors (Lipinski definition) is 5. The molecule has 1 aromatic carbocycles. The minimum absolute atomic E-state index is 0.203. The van der Waals surface area contributed by atoms with E-state index in [0.717, 1.165) is 5.69 Å². The number of carbonyl (C=O) groups excluding carboxylic acids is 2. The maximum atomic E-state index is 12.5. The first-order valence-corrected chi connectivity index (χ1v) is 7.97. The SMILES string of the molecule is CCOC(=O)NNC(=O)c1cn(-c2ccccc2)nc1-c1cccnc1. The summed E-state index contributed by atoms with van der Waals surface area (Å²) >= 11 is 0. The molecule has 2 N–H and O–H groups in total. The Bertz CT molecular complexity index is 894. The van der Waals surface area contributed by atoms with E-state index in [1.54, 1.807) is 42.3 Å². The van der Waals surface area contributed by atoms with Gasteiger partial charge in [-0.2, -0.15) is 5.10 Å². The molecule has 8 heteroatoms. The van der Waals surface area contributed by atoms with Gasteiger partial charge in [0.2, 0.25) is 0 Å². The van der Waals surface area contributed by atoms with E-state index >= 15 is 0 Å². The summed E-state index contributed by atoms with van der Waals surface area (Å²) in [5.74, 6) is -0.515. The highest BCUT2D eigenvalue weighted by atomic mass is 16.5. The second-order valence-electron chi connectivity index (χ2n) is 5.21. The molecule has 0 spiro atoms. The highest BCUT2D eigenvalue weighted by Crippen LogP contribution is 2.22. The van der Waals surface area contributed by atoms with Crippen molar-refractivity contribution in [3.63, 3.8) is 0 Å². The van der Waals surface area contributed by atoms with Crippen molar-refractivity contribution in [2.45, 2.75) is 6.92 Å². The van der Waals surface area contributed by atoms with Gasteiger partial charge in [0.1, 0.15) is 5.69 Å². The number of hydrazine groups is 1. The summed E-state index contributed by atoms with van der Waals surface area (Å²) in [4.78, 5) is 28.0. The summed E-state index contributed by atoms with van der Waals surface area (Å²) in [5.41, 5.74) is 6.74. The van der Waals surface area contributed by atoms with Crippen molar-refractivity contribution in [2.75, 3.05) is 6.61 Å². The number of benzene rings is 1. The Labute approximate surface area is 149 Å². The number of pyridine rings is 1. The lowest BCUT2D eigenvalue weighted by Crippen LogP contribution is -2.42. The molecular formula is C18H17N5O3. The zero-order valence-corrected chi connectivity index (χ0v) is 14.0. The first-order valence-electron chi connectivity index (χ1n) is 7.97. The van der Waals surface area contributed by atoms with E-state index < -0.39 is 12.0 Å². The number of para-hydroxylation sites is 1. The van der Waals surface area contributed by atoms with Gasteiger partial charge in [-0.05, 0) is 31.2 Å². The quantitative estimate of drug-likeness (QED) is 0.703. The summed E-state index contributed by atoms with van der Waals surface area (Å²) < 4.78 is 6.32. The third-order valence-corrected chi connectivity index (χ3v) is 3.47. The van der Waals surface area contributed by atoms with E-state index in [1.165, 1.54) is 0 Å². The van der Waals surface area contributed by atoms with Crippen LogP contribution in [0, 0.1) is 0 Å². The topological polar surface area (TPSA) is 98.1 Å². The number of rotatable bonds is 4. The fourth-order valence-electron chi connectivity index (χ4n) is 2.31. The molecule has 0 aliphatic carbocycles. The Morgan fingerprint density at radius 1 is 1.12 bits per heavy atom. The van der Waals surface area contributed by atoms with Gasteiger partial charge in [-0.3, -0.25) is 15.2 Å². The first-order chi connectivity index (χ1) is 12.7. The summed E-state index contributed by atoms with van der Waals surface area (Å²) in [6.07, 6.45) is 4.12. The van der Waals surface area contributed by atoms with Crippen LogP contribution in [0.3, 0.4) is 0 Å². The van der Waals surface area contributed by atoms with Crippen molar-refractivity contribution < 1.29 is 14.3 Å². The van der Waals surface area contributed by atoms with Gasteiger partial charge in [0.25, 0.3) is 5.91 Å². The Kier molecular flexibility index (Phi) is 5.23. The van der Waals surface area contributed by atoms with Crippen LogP contribution >= 0.6 is 0 Å². The molecule has 2 aromatic heterocycles. The molecule has 0 fully saturated rings. The Balaban J connectivity index is 1.93. The van der Waals surface area contributed by atoms with Crippen LogP contribution in [-0.2, 0) is 4.74 Å². The fraction of sp³-hybridized carbons (Fsp3) is 0.111. The molecule has 0 saturated heterocycles. The van der Waals surface area contributed by atoms with Crippen LogP contribution in [0.1, 0.15) is 17.3 Å². The highest BCUT2D eigenvalue weighted by molar-refractivity contribution is 6.00. The molecule has 26 heavy (non-hydrogen) atoms. The zero-order valence-electron chi connectivity index (χ0n) is 14.0. The summed E-state index contributed by atoms with van der Waals surface area (Å²) in [5, 5.41) is 4.51. The number of carbonyl (C=O) groups is 2. The van der Waals surface area contributed by atoms with Crippen molar-refractivity contribution in [3.8, 4) is 16.9 Å². The van der Waals surface area contributed by atoms with Gasteiger partial charge in [0, 0.05) is 24.2 Å². The van der Waals surface area contributed by atoms with E-state index in [-0.39, 0.29) is 6.61 Å². The van der Waals surface area contributed by atoms with Crippen LogP contribution in [0.15, 0.2) is 61.1 Å². The van der Waals surface area contributed by atoms with Gasteiger partial charge in [-0.25, -0.2) is 14.9 Å². The monoisotopic (exact) mass is 351 g/mol. The Hall–Kier alpha value is -3.68. The number of nitrogens with one attached hydrogen (secondary N) is 2. The molecule has 0 radical (unpaired) electrons. The Morgan fingerprint density at radius 2 is 1.92 bits per heavy atom. The molecule has 3 rings (SSSR count). The third kappa shape index (κ3) is 3.86. The average Bonchev–Trinajstić information content (AvgIpc) is 3.13. The van der Waals surface area contributed by atoms with Gasteiger partial charge < -0.3 is 4.74 Å². The van der Waals surface area contributed by atoms with E-state index in [1.807, 2.05) is 30.3 Å². The van der Waals surface area contributed by atoms with E-state index in [4.69, 9.17) is 4.74 Å². The second kappa shape index (κ2) is 7.93. The van der Waals surface area contributed by atoms with Gasteiger partial charge in [-0.15, -0.1) is 0 Å². The zero-order chi connectivity index (χ0) is 18.4. The normalized spacial score (nSPS) is 10.2. The highest BCUT2D eigenvalue weighted by Gasteiger charge is 2.19. The number of ether oxygens (including phenoxy) is 1. The van der Waals surface area contributed by atoms with Crippen molar-refractivity contribution in [1.29, 1.82) is 0 Å². The first kappa shape index (κ1) is 17.2. The third-order valence-electron chi connectivity index (χ3n) is 3.47. The molecule has 0 bridgehead atoms. The molecule has 0 unspecified atom stereocenters. The molecule has 0 atom stereocenters. The molecule has 132 valence electrons. The van der Waals surface area contributed by atoms with Gasteiger partial charge in [-0.1, -0.05) is 18.2 Å². The lowest BCUT2D eigenvalue weighted by Gasteiger charge is -2.06. The maximum Gasteiger partial charge on any atom is 0.426 e. The largest absolute Gasteiger partial charge is 0.449 e. The summed E-state index contributed by atoms with van der Waals surface area (Å²) in [7, 11) is 0. The lowest BCUT2D eigenvalue weighted by molar-refractivity contribution is 0.0913. The van der Waals surface area contributed by atoms with Crippen LogP contribution in [0.5, 0.6) is 0 Å². The minimum atomic E-state index is -0.737. The predicted octanol–water partition coefficient (Wildman–Crippen LogP) is 2.33. The van der Waals surface area contributed by atoms with E-state index in [2.05, 4.69) is 20.9 Å². The van der Waals surface area contributed by atoms with Crippen LogP contribution in [0.2, 0.25) is 0 Å². The van der Waals surface area contributed by atoms with Gasteiger partial charge in [0.05, 0.1) is 17.9 Å². The molecule has 8 nitrogen and oxygen atoms in total. The molecule has 3 aromatic rings. The van der Waals surface area contributed by atoms with Crippen LogP contribution in [-0.4, -0.2) is 33.4 Å². The van der Waals surface area contributed by atoms with Crippen molar-refractivity contribution >= 4 is 12.0 Å². The standard InChI is InChI=1S/C18H17N5O3/c1-2-26-18(25)21-20-17(24)15-12-23(14-8-4-3-5-9-14)22-16(15)13-7-6-10-19-11-13/h3-12H,2H2,1H3,(H,20,24)(H,21,25). The van der Waals surface area contributed by atoms with Crippen molar-refractivity contribution in [2.24, 2.45) is 0 Å². The molecule has 0 aliphatic heterocycles. The number of nitrogens with zero attached hydrogens (tertiary/aromatic N) is 3. The predicted molar refractivity (Wildman–Crippen MR) is 94.4 cm³/mol.